The molecule has 2 aromatic heterocycles. The van der Waals surface area contributed by atoms with Crippen molar-refractivity contribution in [3.63, 3.8) is 0 Å². The zero-order valence-corrected chi connectivity index (χ0v) is 11.4. The molecule has 0 unspecified atom stereocenters. The minimum atomic E-state index is -0.123. The maximum atomic E-state index is 11.6. The van der Waals surface area contributed by atoms with Gasteiger partial charge in [-0.25, -0.2) is 9.97 Å². The third kappa shape index (κ3) is 3.50. The lowest BCUT2D eigenvalue weighted by Gasteiger charge is -2.05. The first-order valence-corrected chi connectivity index (χ1v) is 6.79. The summed E-state index contributed by atoms with van der Waals surface area (Å²) in [4.78, 5) is 23.3. The van der Waals surface area contributed by atoms with Gasteiger partial charge in [0.1, 0.15) is 5.69 Å². The summed E-state index contributed by atoms with van der Waals surface area (Å²) in [7, 11) is 0. The summed E-state index contributed by atoms with van der Waals surface area (Å²) in [6, 6.07) is 7.39. The van der Waals surface area contributed by atoms with E-state index in [2.05, 4.69) is 21.9 Å². The molecule has 2 heterocycles. The van der Waals surface area contributed by atoms with Gasteiger partial charge in [0.05, 0.1) is 0 Å². The van der Waals surface area contributed by atoms with Gasteiger partial charge in [0.25, 0.3) is 5.56 Å². The lowest BCUT2D eigenvalue weighted by molar-refractivity contribution is 0.777. The Morgan fingerprint density at radius 3 is 2.74 bits per heavy atom. The van der Waals surface area contributed by atoms with Gasteiger partial charge in [0.15, 0.2) is 5.82 Å². The summed E-state index contributed by atoms with van der Waals surface area (Å²) in [5, 5.41) is 0. The fraction of sp³-hybridized carbons (Fsp3) is 0.400. The van der Waals surface area contributed by atoms with Crippen LogP contribution in [0.5, 0.6) is 0 Å². The van der Waals surface area contributed by atoms with Crippen LogP contribution in [0.15, 0.2) is 29.1 Å². The fourth-order valence-electron chi connectivity index (χ4n) is 1.92. The summed E-state index contributed by atoms with van der Waals surface area (Å²) >= 11 is 0. The number of aromatic amines is 1. The van der Waals surface area contributed by atoms with Crippen molar-refractivity contribution in [2.75, 3.05) is 0 Å². The van der Waals surface area contributed by atoms with Gasteiger partial charge in [-0.05, 0) is 31.4 Å². The molecule has 0 aliphatic carbocycles. The topological polar surface area (TPSA) is 58.6 Å². The number of H-pyrrole nitrogens is 1. The molecule has 0 saturated carbocycles. The molecule has 0 aliphatic rings. The second kappa shape index (κ2) is 6.27. The Hall–Kier alpha value is -1.97. The van der Waals surface area contributed by atoms with Crippen molar-refractivity contribution < 1.29 is 0 Å². The predicted octanol–water partition coefficient (Wildman–Crippen LogP) is 2.74. The molecule has 4 heteroatoms. The van der Waals surface area contributed by atoms with Crippen molar-refractivity contribution in [3.05, 3.63) is 46.0 Å². The van der Waals surface area contributed by atoms with E-state index in [4.69, 9.17) is 0 Å². The van der Waals surface area contributed by atoms with Crippen LogP contribution in [0.3, 0.4) is 0 Å². The zero-order chi connectivity index (χ0) is 13.7. The Morgan fingerprint density at radius 1 is 1.16 bits per heavy atom. The molecule has 0 radical (unpaired) electrons. The number of hydrogen-bond donors (Lipinski definition) is 1. The Bertz CT molecular complexity index is 604. The van der Waals surface area contributed by atoms with Crippen molar-refractivity contribution in [2.24, 2.45) is 0 Å². The van der Waals surface area contributed by atoms with Crippen molar-refractivity contribution in [2.45, 2.75) is 39.5 Å². The number of aromatic nitrogens is 3. The molecule has 100 valence electrons. The summed E-state index contributed by atoms with van der Waals surface area (Å²) in [6.45, 7) is 4.14. The number of hydrogen-bond acceptors (Lipinski definition) is 3. The van der Waals surface area contributed by atoms with Gasteiger partial charge >= 0.3 is 0 Å². The molecular weight excluding hydrogens is 238 g/mol. The second-order valence-corrected chi connectivity index (χ2v) is 4.56. The van der Waals surface area contributed by atoms with Crippen LogP contribution in [0.25, 0.3) is 11.5 Å². The van der Waals surface area contributed by atoms with Crippen LogP contribution in [0.1, 0.15) is 38.1 Å². The lowest BCUT2D eigenvalue weighted by Crippen LogP contribution is -2.10. The average Bonchev–Trinajstić information content (AvgIpc) is 2.44. The van der Waals surface area contributed by atoms with E-state index < -0.39 is 0 Å². The first-order valence-electron chi connectivity index (χ1n) is 6.79. The van der Waals surface area contributed by atoms with Crippen LogP contribution in [-0.2, 0) is 12.8 Å². The molecule has 0 saturated heterocycles. The van der Waals surface area contributed by atoms with Crippen molar-refractivity contribution >= 4 is 0 Å². The predicted molar refractivity (Wildman–Crippen MR) is 76.1 cm³/mol. The minimum Gasteiger partial charge on any atom is -0.305 e. The van der Waals surface area contributed by atoms with Gasteiger partial charge in [-0.3, -0.25) is 4.79 Å². The Labute approximate surface area is 112 Å². The summed E-state index contributed by atoms with van der Waals surface area (Å²) in [5.74, 6) is 0.558. The largest absolute Gasteiger partial charge is 0.305 e. The van der Waals surface area contributed by atoms with E-state index in [9.17, 15) is 4.79 Å². The number of pyridine rings is 1. The highest BCUT2D eigenvalue weighted by Gasteiger charge is 2.05. The fourth-order valence-corrected chi connectivity index (χ4v) is 1.92. The Kier molecular flexibility index (Phi) is 4.44. The van der Waals surface area contributed by atoms with E-state index in [0.29, 0.717) is 5.82 Å². The SMILES string of the molecule is CCCCc1cccc(-c2nc(CC)cc(=O)[nH]2)n1. The van der Waals surface area contributed by atoms with Crippen LogP contribution in [0.4, 0.5) is 0 Å². The Morgan fingerprint density at radius 2 is 2.00 bits per heavy atom. The van der Waals surface area contributed by atoms with Crippen LogP contribution >= 0.6 is 0 Å². The van der Waals surface area contributed by atoms with E-state index in [1.54, 1.807) is 0 Å². The van der Waals surface area contributed by atoms with E-state index in [1.807, 2.05) is 25.1 Å². The number of nitrogens with zero attached hydrogens (tertiary/aromatic N) is 2. The van der Waals surface area contributed by atoms with E-state index >= 15 is 0 Å². The Balaban J connectivity index is 2.35. The minimum absolute atomic E-state index is 0.123. The van der Waals surface area contributed by atoms with Gasteiger partial charge in [-0.15, -0.1) is 0 Å². The maximum Gasteiger partial charge on any atom is 0.251 e. The third-order valence-corrected chi connectivity index (χ3v) is 2.99. The first-order chi connectivity index (χ1) is 9.22. The van der Waals surface area contributed by atoms with Gasteiger partial charge in [-0.1, -0.05) is 26.3 Å². The smallest absolute Gasteiger partial charge is 0.251 e. The monoisotopic (exact) mass is 257 g/mol. The summed E-state index contributed by atoms with van der Waals surface area (Å²) < 4.78 is 0. The van der Waals surface area contributed by atoms with Gasteiger partial charge in [0, 0.05) is 17.5 Å². The second-order valence-electron chi connectivity index (χ2n) is 4.56. The number of rotatable bonds is 5. The van der Waals surface area contributed by atoms with Crippen LogP contribution < -0.4 is 5.56 Å². The molecular formula is C15H19N3O. The van der Waals surface area contributed by atoms with Crippen LogP contribution in [0, 0.1) is 0 Å². The molecule has 0 fully saturated rings. The highest BCUT2D eigenvalue weighted by molar-refractivity contribution is 5.49. The molecule has 0 aromatic carbocycles. The normalized spacial score (nSPS) is 10.6. The molecule has 0 amide bonds. The van der Waals surface area contributed by atoms with Crippen molar-refractivity contribution in [1.82, 2.24) is 15.0 Å². The highest BCUT2D eigenvalue weighted by Crippen LogP contribution is 2.13. The molecule has 2 rings (SSSR count). The van der Waals surface area contributed by atoms with Gasteiger partial charge < -0.3 is 4.98 Å². The quantitative estimate of drug-likeness (QED) is 0.896. The van der Waals surface area contributed by atoms with Gasteiger partial charge in [-0.2, -0.15) is 0 Å². The third-order valence-electron chi connectivity index (χ3n) is 2.99. The van der Waals surface area contributed by atoms with Crippen LogP contribution in [0.2, 0.25) is 0 Å². The van der Waals surface area contributed by atoms with Gasteiger partial charge in [0.2, 0.25) is 0 Å². The van der Waals surface area contributed by atoms with Crippen molar-refractivity contribution in [3.8, 4) is 11.5 Å². The molecule has 0 bridgehead atoms. The van der Waals surface area contributed by atoms with Crippen LogP contribution in [-0.4, -0.2) is 15.0 Å². The first kappa shape index (κ1) is 13.5. The molecule has 0 spiro atoms. The molecule has 19 heavy (non-hydrogen) atoms. The molecule has 0 atom stereocenters. The highest BCUT2D eigenvalue weighted by atomic mass is 16.1. The maximum absolute atomic E-state index is 11.6. The van der Waals surface area contributed by atoms with E-state index in [1.165, 1.54) is 6.07 Å². The molecule has 4 nitrogen and oxygen atoms in total. The molecule has 2 aromatic rings. The number of nitrogens with one attached hydrogen (secondary N) is 1. The summed E-state index contributed by atoms with van der Waals surface area (Å²) in [6.07, 6.45) is 3.97. The number of aryl methyl sites for hydroxylation is 2. The van der Waals surface area contributed by atoms with E-state index in [0.717, 1.165) is 42.8 Å². The lowest BCUT2D eigenvalue weighted by atomic mass is 10.2. The van der Waals surface area contributed by atoms with Crippen molar-refractivity contribution in [1.29, 1.82) is 0 Å². The zero-order valence-electron chi connectivity index (χ0n) is 11.4. The standard InChI is InChI=1S/C15H19N3O/c1-3-5-7-12-8-6-9-13(16-12)15-17-11(4-2)10-14(19)18-15/h6,8-10H,3-5,7H2,1-2H3,(H,17,18,19). The molecule has 0 aliphatic heterocycles. The van der Waals surface area contributed by atoms with E-state index in [-0.39, 0.29) is 5.56 Å². The number of unbranched alkanes of at least 4 members (excludes halogenated alkanes) is 1. The summed E-state index contributed by atoms with van der Waals surface area (Å²) in [5.41, 5.74) is 2.45. The molecule has 1 N–H and O–H groups in total. The average molecular weight is 257 g/mol.